The van der Waals surface area contributed by atoms with E-state index in [1.165, 1.54) is 19.2 Å². The molecule has 13 heteroatoms. The van der Waals surface area contributed by atoms with Crippen molar-refractivity contribution in [2.75, 3.05) is 44.7 Å². The number of aromatic nitrogens is 1. The molecule has 0 bridgehead atoms. The number of para-hydroxylation sites is 1. The monoisotopic (exact) mass is 575 g/mol. The Bertz CT molecular complexity index is 1510. The van der Waals surface area contributed by atoms with Gasteiger partial charge < -0.3 is 19.3 Å². The molecule has 0 radical (unpaired) electrons. The maximum atomic E-state index is 13.0. The Morgan fingerprint density at radius 1 is 1.05 bits per heavy atom. The van der Waals surface area contributed by atoms with Crippen LogP contribution in [0, 0.1) is 10.1 Å². The Labute approximate surface area is 239 Å². The summed E-state index contributed by atoms with van der Waals surface area (Å²) >= 11 is 0.769. The molecule has 0 N–H and O–H groups in total. The van der Waals surface area contributed by atoms with E-state index in [-0.39, 0.29) is 28.9 Å². The van der Waals surface area contributed by atoms with Crippen LogP contribution in [0.4, 0.5) is 16.2 Å². The SMILES string of the molecule is COc1cc(C=C2SC(=O)N(CC(=O)N3CCN(c4ccccc4)CC3)C2=O)ccc1Oc1ccc([N+](=O)[O-])cn1. The summed E-state index contributed by atoms with van der Waals surface area (Å²) in [6, 6.07) is 17.5. The van der Waals surface area contributed by atoms with Crippen molar-refractivity contribution in [2.24, 2.45) is 0 Å². The minimum atomic E-state index is -0.559. The second-order valence-electron chi connectivity index (χ2n) is 9.10. The van der Waals surface area contributed by atoms with Gasteiger partial charge in [-0.2, -0.15) is 0 Å². The molecule has 1 aromatic heterocycles. The lowest BCUT2D eigenvalue weighted by Crippen LogP contribution is -2.51. The molecule has 0 spiro atoms. The minimum absolute atomic E-state index is 0.133. The van der Waals surface area contributed by atoms with Crippen LogP contribution in [0.1, 0.15) is 5.56 Å². The molecule has 12 nitrogen and oxygen atoms in total. The number of nitro groups is 1. The van der Waals surface area contributed by atoms with Crippen LogP contribution in [0.25, 0.3) is 6.08 Å². The van der Waals surface area contributed by atoms with Crippen LogP contribution >= 0.6 is 11.8 Å². The summed E-state index contributed by atoms with van der Waals surface area (Å²) in [7, 11) is 1.44. The van der Waals surface area contributed by atoms with Crippen molar-refractivity contribution in [3.8, 4) is 17.4 Å². The molecule has 3 amide bonds. The number of carbonyl (C=O) groups excluding carboxylic acids is 3. The molecular weight excluding hydrogens is 550 g/mol. The summed E-state index contributed by atoms with van der Waals surface area (Å²) in [5.74, 6) is -0.0520. The lowest BCUT2D eigenvalue weighted by molar-refractivity contribution is -0.385. The van der Waals surface area contributed by atoms with E-state index in [9.17, 15) is 24.5 Å². The van der Waals surface area contributed by atoms with Gasteiger partial charge in [0, 0.05) is 44.0 Å². The van der Waals surface area contributed by atoms with Gasteiger partial charge in [-0.15, -0.1) is 0 Å². The van der Waals surface area contributed by atoms with E-state index < -0.39 is 16.1 Å². The van der Waals surface area contributed by atoms with Crippen molar-refractivity contribution in [1.82, 2.24) is 14.8 Å². The molecule has 2 aliphatic rings. The lowest BCUT2D eigenvalue weighted by atomic mass is 10.2. The number of pyridine rings is 1. The number of methoxy groups -OCH3 is 1. The highest BCUT2D eigenvalue weighted by Crippen LogP contribution is 2.36. The number of thioether (sulfide) groups is 1. The molecule has 2 aliphatic heterocycles. The zero-order valence-corrected chi connectivity index (χ0v) is 22.8. The van der Waals surface area contributed by atoms with Crippen molar-refractivity contribution in [3.05, 3.63) is 87.4 Å². The maximum absolute atomic E-state index is 13.0. The zero-order valence-electron chi connectivity index (χ0n) is 22.0. The van der Waals surface area contributed by atoms with Crippen LogP contribution in [-0.2, 0) is 9.59 Å². The number of anilines is 1. The van der Waals surface area contributed by atoms with Crippen LogP contribution in [0.2, 0.25) is 0 Å². The molecule has 5 rings (SSSR count). The van der Waals surface area contributed by atoms with Crippen LogP contribution in [0.15, 0.2) is 71.8 Å². The number of nitrogens with zero attached hydrogens (tertiary/aromatic N) is 5. The van der Waals surface area contributed by atoms with Crippen molar-refractivity contribution in [3.63, 3.8) is 0 Å². The topological polar surface area (TPSA) is 135 Å². The average Bonchev–Trinajstić information content (AvgIpc) is 3.25. The smallest absolute Gasteiger partial charge is 0.294 e. The minimum Gasteiger partial charge on any atom is -0.493 e. The fraction of sp³-hybridized carbons (Fsp3) is 0.214. The van der Waals surface area contributed by atoms with E-state index in [0.717, 1.165) is 28.5 Å². The predicted molar refractivity (Wildman–Crippen MR) is 152 cm³/mol. The zero-order chi connectivity index (χ0) is 28.9. The van der Waals surface area contributed by atoms with Gasteiger partial charge in [-0.3, -0.25) is 29.4 Å². The fourth-order valence-electron chi connectivity index (χ4n) is 4.39. The van der Waals surface area contributed by atoms with Gasteiger partial charge in [0.05, 0.1) is 16.9 Å². The summed E-state index contributed by atoms with van der Waals surface area (Å²) in [5, 5.41) is 10.3. The Balaban J connectivity index is 1.21. The summed E-state index contributed by atoms with van der Waals surface area (Å²) in [6.45, 7) is 2.02. The van der Waals surface area contributed by atoms with Gasteiger partial charge in [0.1, 0.15) is 12.7 Å². The number of amides is 3. The fourth-order valence-corrected chi connectivity index (χ4v) is 5.23. The predicted octanol–water partition coefficient (Wildman–Crippen LogP) is 4.18. The van der Waals surface area contributed by atoms with E-state index in [0.29, 0.717) is 43.2 Å². The highest BCUT2D eigenvalue weighted by Gasteiger charge is 2.37. The Morgan fingerprint density at radius 2 is 1.80 bits per heavy atom. The van der Waals surface area contributed by atoms with Crippen molar-refractivity contribution < 1.29 is 28.8 Å². The lowest BCUT2D eigenvalue weighted by Gasteiger charge is -2.36. The normalized spacial score (nSPS) is 16.3. The molecule has 41 heavy (non-hydrogen) atoms. The first kappa shape index (κ1) is 27.6. The molecule has 2 saturated heterocycles. The first-order chi connectivity index (χ1) is 19.8. The first-order valence-corrected chi connectivity index (χ1v) is 13.4. The number of imide groups is 1. The number of carbonyl (C=O) groups is 3. The van der Waals surface area contributed by atoms with E-state index in [2.05, 4.69) is 9.88 Å². The highest BCUT2D eigenvalue weighted by atomic mass is 32.2. The first-order valence-electron chi connectivity index (χ1n) is 12.6. The van der Waals surface area contributed by atoms with Crippen molar-refractivity contribution in [2.45, 2.75) is 0 Å². The van der Waals surface area contributed by atoms with Crippen molar-refractivity contribution in [1.29, 1.82) is 0 Å². The summed E-state index contributed by atoms with van der Waals surface area (Å²) in [4.78, 5) is 57.8. The van der Waals surface area contributed by atoms with E-state index in [1.807, 2.05) is 30.3 Å². The van der Waals surface area contributed by atoms with E-state index >= 15 is 0 Å². The maximum Gasteiger partial charge on any atom is 0.294 e. The third-order valence-corrected chi connectivity index (χ3v) is 7.46. The van der Waals surface area contributed by atoms with E-state index in [1.54, 1.807) is 29.2 Å². The van der Waals surface area contributed by atoms with Crippen LogP contribution in [0.3, 0.4) is 0 Å². The second-order valence-corrected chi connectivity index (χ2v) is 10.1. The molecule has 3 heterocycles. The van der Waals surface area contributed by atoms with Gasteiger partial charge in [-0.05, 0) is 47.7 Å². The molecule has 0 unspecified atom stereocenters. The Kier molecular flexibility index (Phi) is 8.15. The van der Waals surface area contributed by atoms with Crippen LogP contribution in [-0.4, -0.2) is 76.6 Å². The summed E-state index contributed by atoms with van der Waals surface area (Å²) in [6.07, 6.45) is 2.63. The van der Waals surface area contributed by atoms with Gasteiger partial charge in [0.25, 0.3) is 16.8 Å². The summed E-state index contributed by atoms with van der Waals surface area (Å²) in [5.41, 5.74) is 1.50. The van der Waals surface area contributed by atoms with Gasteiger partial charge >= 0.3 is 0 Å². The highest BCUT2D eigenvalue weighted by molar-refractivity contribution is 8.18. The number of hydrogen-bond acceptors (Lipinski definition) is 10. The Morgan fingerprint density at radius 3 is 2.46 bits per heavy atom. The third-order valence-electron chi connectivity index (χ3n) is 6.55. The number of rotatable bonds is 8. The number of piperazine rings is 1. The molecule has 0 aliphatic carbocycles. The standard InChI is InChI=1S/C28H25N5O7S/c1-39-23-15-19(7-9-22(23)40-25-10-8-21(17-29-25)33(37)38)16-24-27(35)32(28(36)41-24)18-26(34)31-13-11-30(12-14-31)20-5-3-2-4-6-20/h2-10,15-17H,11-14,18H2,1H3. The van der Waals surface area contributed by atoms with Crippen LogP contribution < -0.4 is 14.4 Å². The van der Waals surface area contributed by atoms with Crippen molar-refractivity contribution >= 4 is 46.3 Å². The van der Waals surface area contributed by atoms with Gasteiger partial charge in [0.15, 0.2) is 11.5 Å². The second kappa shape index (κ2) is 12.1. The van der Waals surface area contributed by atoms with E-state index in [4.69, 9.17) is 9.47 Å². The molecule has 0 saturated carbocycles. The number of benzene rings is 2. The van der Waals surface area contributed by atoms with Crippen LogP contribution in [0.5, 0.6) is 17.4 Å². The number of hydrogen-bond donors (Lipinski definition) is 0. The molecule has 2 aromatic carbocycles. The van der Waals surface area contributed by atoms with Gasteiger partial charge in [-0.25, -0.2) is 4.98 Å². The molecule has 2 fully saturated rings. The van der Waals surface area contributed by atoms with Gasteiger partial charge in [-0.1, -0.05) is 24.3 Å². The molecule has 0 atom stereocenters. The average molecular weight is 576 g/mol. The van der Waals surface area contributed by atoms with Gasteiger partial charge in [0.2, 0.25) is 11.8 Å². The quantitative estimate of drug-likeness (QED) is 0.219. The third kappa shape index (κ3) is 6.30. The Hall–Kier alpha value is -4.91. The largest absolute Gasteiger partial charge is 0.493 e. The number of ether oxygens (including phenoxy) is 2. The molecule has 210 valence electrons. The summed E-state index contributed by atoms with van der Waals surface area (Å²) < 4.78 is 11.1. The molecular formula is C28H25N5O7S. The molecule has 3 aromatic rings.